The molecule has 1 atom stereocenters. The van der Waals surface area contributed by atoms with Crippen LogP contribution in [0.25, 0.3) is 0 Å². The highest BCUT2D eigenvalue weighted by Gasteiger charge is 2.24. The van der Waals surface area contributed by atoms with Crippen LogP contribution in [0.5, 0.6) is 0 Å². The molecule has 100 valence electrons. The fourth-order valence-electron chi connectivity index (χ4n) is 1.58. The van der Waals surface area contributed by atoms with Gasteiger partial charge in [0, 0.05) is 28.7 Å². The summed E-state index contributed by atoms with van der Waals surface area (Å²) in [5, 5.41) is 3.37. The van der Waals surface area contributed by atoms with Crippen LogP contribution in [0.15, 0.2) is 22.9 Å². The number of pyridine rings is 1. The second-order valence-corrected chi connectivity index (χ2v) is 7.05. The number of aromatic nitrogens is 1. The smallest absolute Gasteiger partial charge is 0.252 e. The largest absolute Gasteiger partial charge is 0.351 e. The zero-order valence-corrected chi connectivity index (χ0v) is 13.6. The van der Waals surface area contributed by atoms with Gasteiger partial charge >= 0.3 is 0 Å². The van der Waals surface area contributed by atoms with Gasteiger partial charge in [-0.3, -0.25) is 9.78 Å². The molecular formula is C13H19BrN2OS. The van der Waals surface area contributed by atoms with Gasteiger partial charge in [0.2, 0.25) is 0 Å². The van der Waals surface area contributed by atoms with Crippen molar-refractivity contribution in [3.8, 4) is 0 Å². The molecule has 1 aromatic rings. The van der Waals surface area contributed by atoms with E-state index in [-0.39, 0.29) is 11.3 Å². The summed E-state index contributed by atoms with van der Waals surface area (Å²) in [6.07, 6.45) is 5.32. The van der Waals surface area contributed by atoms with Crippen molar-refractivity contribution < 1.29 is 4.79 Å². The molecule has 18 heavy (non-hydrogen) atoms. The van der Waals surface area contributed by atoms with E-state index in [1.54, 1.807) is 30.2 Å². The second-order valence-electron chi connectivity index (χ2n) is 5.16. The van der Waals surface area contributed by atoms with E-state index in [2.05, 4.69) is 53.3 Å². The first-order valence-corrected chi connectivity index (χ1v) is 7.85. The normalized spacial score (nSPS) is 13.2. The van der Waals surface area contributed by atoms with Crippen molar-refractivity contribution in [1.82, 2.24) is 10.3 Å². The van der Waals surface area contributed by atoms with E-state index >= 15 is 0 Å². The highest BCUT2D eigenvalue weighted by molar-refractivity contribution is 9.10. The van der Waals surface area contributed by atoms with E-state index in [4.69, 9.17) is 0 Å². The minimum atomic E-state index is -0.0624. The van der Waals surface area contributed by atoms with Gasteiger partial charge in [-0.25, -0.2) is 0 Å². The Morgan fingerprint density at radius 2 is 2.22 bits per heavy atom. The Labute approximate surface area is 121 Å². The Morgan fingerprint density at radius 3 is 2.72 bits per heavy atom. The number of nitrogens with one attached hydrogen (secondary N) is 1. The fourth-order valence-corrected chi connectivity index (χ4v) is 2.97. The van der Waals surface area contributed by atoms with E-state index in [1.807, 2.05) is 0 Å². The van der Waals surface area contributed by atoms with E-state index in [1.165, 1.54) is 0 Å². The highest BCUT2D eigenvalue weighted by atomic mass is 79.9. The number of hydrogen-bond donors (Lipinski definition) is 1. The van der Waals surface area contributed by atoms with E-state index in [9.17, 15) is 4.79 Å². The predicted octanol–water partition coefficient (Wildman–Crippen LogP) is 3.35. The molecule has 0 bridgehead atoms. The van der Waals surface area contributed by atoms with Crippen LogP contribution in [-0.2, 0) is 0 Å². The van der Waals surface area contributed by atoms with Gasteiger partial charge in [0.15, 0.2) is 0 Å². The lowest BCUT2D eigenvalue weighted by molar-refractivity contribution is 0.0949. The maximum absolute atomic E-state index is 12.0. The third kappa shape index (κ3) is 4.28. The molecule has 0 aliphatic carbocycles. The quantitative estimate of drug-likeness (QED) is 0.920. The molecule has 1 amide bonds. The highest BCUT2D eigenvalue weighted by Crippen LogP contribution is 2.28. The molecular weight excluding hydrogens is 312 g/mol. The molecule has 0 radical (unpaired) electrons. The molecule has 0 saturated heterocycles. The maximum Gasteiger partial charge on any atom is 0.252 e. The lowest BCUT2D eigenvalue weighted by atomic mass is 9.91. The summed E-state index contributed by atoms with van der Waals surface area (Å²) in [5.41, 5.74) is 0.793. The van der Waals surface area contributed by atoms with Crippen molar-refractivity contribution in [1.29, 1.82) is 0 Å². The van der Waals surface area contributed by atoms with Crippen LogP contribution in [0.2, 0.25) is 0 Å². The van der Waals surface area contributed by atoms with Crippen molar-refractivity contribution in [2.24, 2.45) is 5.41 Å². The van der Waals surface area contributed by atoms with Crippen LogP contribution in [0.4, 0.5) is 0 Å². The summed E-state index contributed by atoms with van der Waals surface area (Å²) < 4.78 is 0.721. The van der Waals surface area contributed by atoms with Crippen molar-refractivity contribution >= 4 is 33.6 Å². The van der Waals surface area contributed by atoms with Crippen LogP contribution >= 0.6 is 27.7 Å². The van der Waals surface area contributed by atoms with Gasteiger partial charge in [0.05, 0.1) is 5.56 Å². The van der Waals surface area contributed by atoms with Gasteiger partial charge in [-0.05, 0) is 33.7 Å². The molecule has 3 nitrogen and oxygen atoms in total. The Morgan fingerprint density at radius 1 is 1.56 bits per heavy atom. The van der Waals surface area contributed by atoms with E-state index < -0.39 is 0 Å². The molecule has 0 aromatic carbocycles. The average molecular weight is 331 g/mol. The van der Waals surface area contributed by atoms with Crippen LogP contribution in [-0.4, -0.2) is 28.9 Å². The van der Waals surface area contributed by atoms with Crippen LogP contribution in [0, 0.1) is 5.41 Å². The van der Waals surface area contributed by atoms with Gasteiger partial charge < -0.3 is 5.32 Å². The zero-order chi connectivity index (χ0) is 13.8. The Hall–Kier alpha value is -0.550. The monoisotopic (exact) mass is 330 g/mol. The number of hydrogen-bond acceptors (Lipinski definition) is 3. The molecule has 0 spiro atoms. The molecule has 0 aliphatic rings. The minimum Gasteiger partial charge on any atom is -0.351 e. The summed E-state index contributed by atoms with van der Waals surface area (Å²) in [4.78, 5) is 16.0. The number of halogens is 1. The third-order valence-corrected chi connectivity index (χ3v) is 4.79. The average Bonchev–Trinajstić information content (AvgIpc) is 2.28. The minimum absolute atomic E-state index is 0.0624. The van der Waals surface area contributed by atoms with Crippen LogP contribution in [0.1, 0.15) is 31.1 Å². The van der Waals surface area contributed by atoms with Crippen molar-refractivity contribution in [3.05, 3.63) is 28.5 Å². The molecule has 1 heterocycles. The Kier molecular flexibility index (Phi) is 5.66. The first-order valence-electron chi connectivity index (χ1n) is 5.76. The van der Waals surface area contributed by atoms with Gasteiger partial charge in [-0.15, -0.1) is 0 Å². The SMILES string of the molecule is CS[C@H](CNC(=O)c1ccncc1Br)C(C)(C)C. The van der Waals surface area contributed by atoms with Crippen LogP contribution in [0.3, 0.4) is 0 Å². The molecule has 5 heteroatoms. The zero-order valence-electron chi connectivity index (χ0n) is 11.2. The number of carbonyl (C=O) groups excluding carboxylic acids is 1. The summed E-state index contributed by atoms with van der Waals surface area (Å²) in [6.45, 7) is 7.21. The first kappa shape index (κ1) is 15.5. The first-order chi connectivity index (χ1) is 8.36. The Balaban J connectivity index is 2.64. The van der Waals surface area contributed by atoms with Gasteiger partial charge in [-0.2, -0.15) is 11.8 Å². The number of rotatable bonds is 4. The van der Waals surface area contributed by atoms with Gasteiger partial charge in [0.1, 0.15) is 0 Å². The third-order valence-electron chi connectivity index (χ3n) is 2.72. The van der Waals surface area contributed by atoms with Crippen LogP contribution < -0.4 is 5.32 Å². The molecule has 0 fully saturated rings. The molecule has 1 N–H and O–H groups in total. The molecule has 0 aliphatic heterocycles. The fraction of sp³-hybridized carbons (Fsp3) is 0.538. The van der Waals surface area contributed by atoms with E-state index in [0.717, 1.165) is 4.47 Å². The van der Waals surface area contributed by atoms with Crippen molar-refractivity contribution in [3.63, 3.8) is 0 Å². The summed E-state index contributed by atoms with van der Waals surface area (Å²) in [5.74, 6) is -0.0624. The van der Waals surface area contributed by atoms with Crippen molar-refractivity contribution in [2.75, 3.05) is 12.8 Å². The van der Waals surface area contributed by atoms with Crippen molar-refractivity contribution in [2.45, 2.75) is 26.0 Å². The second kappa shape index (κ2) is 6.57. The van der Waals surface area contributed by atoms with Gasteiger partial charge in [0.25, 0.3) is 5.91 Å². The number of amides is 1. The summed E-state index contributed by atoms with van der Waals surface area (Å²) in [7, 11) is 0. The summed E-state index contributed by atoms with van der Waals surface area (Å²) in [6, 6.07) is 1.71. The number of thioether (sulfide) groups is 1. The molecule has 0 saturated carbocycles. The predicted molar refractivity (Wildman–Crippen MR) is 81.0 cm³/mol. The molecule has 0 unspecified atom stereocenters. The van der Waals surface area contributed by atoms with E-state index in [0.29, 0.717) is 17.4 Å². The molecule has 1 aromatic heterocycles. The Bertz CT molecular complexity index is 418. The van der Waals surface area contributed by atoms with Gasteiger partial charge in [-0.1, -0.05) is 20.8 Å². The maximum atomic E-state index is 12.0. The number of carbonyl (C=O) groups is 1. The summed E-state index contributed by atoms with van der Waals surface area (Å²) >= 11 is 5.11. The number of nitrogens with zero attached hydrogens (tertiary/aromatic N) is 1. The standard InChI is InChI=1S/C13H19BrN2OS/c1-13(2,3)11(18-4)8-16-12(17)9-5-6-15-7-10(9)14/h5-7,11H,8H2,1-4H3,(H,16,17)/t11-/m1/s1. The topological polar surface area (TPSA) is 42.0 Å². The molecule has 1 rings (SSSR count). The lowest BCUT2D eigenvalue weighted by Gasteiger charge is -2.29. The lowest BCUT2D eigenvalue weighted by Crippen LogP contribution is -2.37.